The zero-order valence-corrected chi connectivity index (χ0v) is 15.0. The monoisotopic (exact) mass is 364 g/mol. The number of aliphatic hydroxyl groups is 1. The van der Waals surface area contributed by atoms with Crippen LogP contribution in [0.3, 0.4) is 0 Å². The summed E-state index contributed by atoms with van der Waals surface area (Å²) < 4.78 is 29.0. The summed E-state index contributed by atoms with van der Waals surface area (Å²) in [6, 6.07) is 2.51. The van der Waals surface area contributed by atoms with Crippen LogP contribution in [-0.4, -0.2) is 47.0 Å². The molecular formula is C20H26F2N2O2. The number of likely N-dealkylation sites (tertiary alicyclic amines) is 2. The molecule has 1 aromatic rings. The number of hydrogen-bond acceptors (Lipinski definition) is 3. The van der Waals surface area contributed by atoms with Gasteiger partial charge in [0, 0.05) is 31.1 Å². The molecule has 142 valence electrons. The van der Waals surface area contributed by atoms with Crippen LogP contribution in [0, 0.1) is 17.6 Å². The van der Waals surface area contributed by atoms with E-state index in [-0.39, 0.29) is 42.3 Å². The van der Waals surface area contributed by atoms with E-state index in [4.69, 9.17) is 0 Å². The van der Waals surface area contributed by atoms with Crippen LogP contribution < -0.4 is 0 Å². The van der Waals surface area contributed by atoms with Crippen molar-refractivity contribution in [2.45, 2.75) is 50.7 Å². The summed E-state index contributed by atoms with van der Waals surface area (Å²) >= 11 is 0. The number of nitrogens with zero attached hydrogens (tertiary/aromatic N) is 2. The van der Waals surface area contributed by atoms with Crippen molar-refractivity contribution in [1.29, 1.82) is 0 Å². The van der Waals surface area contributed by atoms with Gasteiger partial charge in [0.25, 0.3) is 0 Å². The molecule has 0 aromatic heterocycles. The molecule has 1 N–H and O–H groups in total. The number of hydrogen-bond donors (Lipinski definition) is 1. The average molecular weight is 364 g/mol. The number of rotatable bonds is 4. The molecular weight excluding hydrogens is 338 g/mol. The summed E-state index contributed by atoms with van der Waals surface area (Å²) in [6.07, 6.45) is 4.66. The van der Waals surface area contributed by atoms with Crippen molar-refractivity contribution in [3.05, 3.63) is 34.9 Å². The Morgan fingerprint density at radius 1 is 1.04 bits per heavy atom. The lowest BCUT2D eigenvalue weighted by Gasteiger charge is -2.44. The lowest BCUT2D eigenvalue weighted by atomic mass is 9.66. The van der Waals surface area contributed by atoms with Crippen molar-refractivity contribution in [3.8, 4) is 0 Å². The van der Waals surface area contributed by atoms with E-state index in [0.717, 1.165) is 51.9 Å². The molecule has 1 aliphatic carbocycles. The summed E-state index contributed by atoms with van der Waals surface area (Å²) in [5.41, 5.74) is -0.972. The average Bonchev–Trinajstić information content (AvgIpc) is 3.27. The number of carbonyl (C=O) groups excluding carboxylic acids is 1. The molecule has 1 aromatic carbocycles. The Morgan fingerprint density at radius 2 is 1.58 bits per heavy atom. The van der Waals surface area contributed by atoms with E-state index in [1.54, 1.807) is 0 Å². The largest absolute Gasteiger partial charge is 0.385 e. The summed E-state index contributed by atoms with van der Waals surface area (Å²) in [5.74, 6) is -1.38. The second-order valence-electron chi connectivity index (χ2n) is 8.07. The first-order valence-corrected chi connectivity index (χ1v) is 9.68. The molecule has 3 aliphatic rings. The zero-order chi connectivity index (χ0) is 18.3. The molecule has 4 rings (SSSR count). The Bertz CT molecular complexity index is 668. The van der Waals surface area contributed by atoms with Gasteiger partial charge < -0.3 is 10.0 Å². The van der Waals surface area contributed by atoms with E-state index in [2.05, 4.69) is 0 Å². The maximum absolute atomic E-state index is 14.5. The molecule has 0 atom stereocenters. The molecule has 1 amide bonds. The fourth-order valence-corrected chi connectivity index (χ4v) is 4.55. The van der Waals surface area contributed by atoms with Crippen molar-refractivity contribution in [2.75, 3.05) is 26.2 Å². The van der Waals surface area contributed by atoms with E-state index >= 15 is 0 Å². The predicted molar refractivity (Wildman–Crippen MR) is 93.3 cm³/mol. The normalized spacial score (nSPS) is 29.2. The molecule has 1 saturated carbocycles. The maximum Gasteiger partial charge on any atom is 0.225 e. The fourth-order valence-electron chi connectivity index (χ4n) is 4.55. The van der Waals surface area contributed by atoms with Gasteiger partial charge in [0.05, 0.1) is 5.60 Å². The highest BCUT2D eigenvalue weighted by atomic mass is 19.1. The molecule has 0 bridgehead atoms. The summed E-state index contributed by atoms with van der Waals surface area (Å²) in [6.45, 7) is 3.56. The van der Waals surface area contributed by atoms with Gasteiger partial charge in [-0.3, -0.25) is 9.69 Å². The lowest BCUT2D eigenvalue weighted by Crippen LogP contribution is -2.49. The van der Waals surface area contributed by atoms with Crippen LogP contribution in [0.1, 0.15) is 49.7 Å². The number of amides is 1. The third kappa shape index (κ3) is 3.25. The van der Waals surface area contributed by atoms with E-state index in [1.807, 2.05) is 9.80 Å². The predicted octanol–water partition coefficient (Wildman–Crippen LogP) is 2.78. The molecule has 3 fully saturated rings. The smallest absolute Gasteiger partial charge is 0.225 e. The van der Waals surface area contributed by atoms with Crippen molar-refractivity contribution >= 4 is 5.91 Å². The van der Waals surface area contributed by atoms with Gasteiger partial charge in [-0.1, -0.05) is 0 Å². The van der Waals surface area contributed by atoms with Gasteiger partial charge in [-0.05, 0) is 69.3 Å². The van der Waals surface area contributed by atoms with Gasteiger partial charge in [0.15, 0.2) is 0 Å². The third-order valence-corrected chi connectivity index (χ3v) is 6.19. The van der Waals surface area contributed by atoms with Crippen molar-refractivity contribution < 1.29 is 18.7 Å². The molecule has 6 heteroatoms. The first-order valence-electron chi connectivity index (χ1n) is 9.68. The Balaban J connectivity index is 1.45. The van der Waals surface area contributed by atoms with Crippen LogP contribution in [-0.2, 0) is 16.9 Å². The highest BCUT2D eigenvalue weighted by Crippen LogP contribution is 2.47. The molecule has 2 aliphatic heterocycles. The van der Waals surface area contributed by atoms with Crippen LogP contribution in [0.4, 0.5) is 8.78 Å². The first kappa shape index (κ1) is 17.9. The summed E-state index contributed by atoms with van der Waals surface area (Å²) in [4.78, 5) is 16.3. The van der Waals surface area contributed by atoms with Gasteiger partial charge in [-0.25, -0.2) is 8.78 Å². The lowest BCUT2D eigenvalue weighted by molar-refractivity contribution is -0.152. The van der Waals surface area contributed by atoms with Crippen LogP contribution in [0.15, 0.2) is 12.1 Å². The first-order chi connectivity index (χ1) is 12.5. The van der Waals surface area contributed by atoms with Crippen LogP contribution >= 0.6 is 0 Å². The Hall–Kier alpha value is -1.53. The second-order valence-corrected chi connectivity index (χ2v) is 8.07. The Kier molecular flexibility index (Phi) is 4.73. The van der Waals surface area contributed by atoms with E-state index < -0.39 is 17.2 Å². The van der Waals surface area contributed by atoms with Gasteiger partial charge in [-0.2, -0.15) is 0 Å². The highest BCUT2D eigenvalue weighted by molar-refractivity contribution is 5.80. The van der Waals surface area contributed by atoms with Gasteiger partial charge in [0.2, 0.25) is 5.91 Å². The van der Waals surface area contributed by atoms with Crippen LogP contribution in [0.2, 0.25) is 0 Å². The van der Waals surface area contributed by atoms with Crippen molar-refractivity contribution in [1.82, 2.24) is 9.80 Å². The molecule has 26 heavy (non-hydrogen) atoms. The minimum absolute atomic E-state index is 0.0683. The second kappa shape index (κ2) is 6.89. The Labute approximate surface area is 152 Å². The topological polar surface area (TPSA) is 43.8 Å². The van der Waals surface area contributed by atoms with Gasteiger partial charge in [-0.15, -0.1) is 0 Å². The van der Waals surface area contributed by atoms with E-state index in [1.165, 1.54) is 12.1 Å². The quantitative estimate of drug-likeness (QED) is 0.894. The SMILES string of the molecule is O=C(C1CC(O)(c2cc(F)c(CN3CCCC3)c(F)c2)C1)N1CCCC1. The van der Waals surface area contributed by atoms with Gasteiger partial charge in [0.1, 0.15) is 11.6 Å². The highest BCUT2D eigenvalue weighted by Gasteiger charge is 2.49. The molecule has 0 unspecified atom stereocenters. The minimum Gasteiger partial charge on any atom is -0.385 e. The Morgan fingerprint density at radius 3 is 2.15 bits per heavy atom. The van der Waals surface area contributed by atoms with Crippen LogP contribution in [0.25, 0.3) is 0 Å². The third-order valence-electron chi connectivity index (χ3n) is 6.19. The maximum atomic E-state index is 14.5. The summed E-state index contributed by atoms with van der Waals surface area (Å²) in [5, 5.41) is 10.8. The van der Waals surface area contributed by atoms with Gasteiger partial charge >= 0.3 is 0 Å². The fraction of sp³-hybridized carbons (Fsp3) is 0.650. The number of carbonyl (C=O) groups is 1. The minimum atomic E-state index is -1.30. The van der Waals surface area contributed by atoms with E-state index in [9.17, 15) is 18.7 Å². The number of benzene rings is 1. The van der Waals surface area contributed by atoms with Crippen LogP contribution in [0.5, 0.6) is 0 Å². The molecule has 2 heterocycles. The zero-order valence-electron chi connectivity index (χ0n) is 15.0. The molecule has 0 radical (unpaired) electrons. The number of halogens is 2. The summed E-state index contributed by atoms with van der Waals surface area (Å²) in [7, 11) is 0. The molecule has 2 saturated heterocycles. The molecule has 4 nitrogen and oxygen atoms in total. The standard InChI is InChI=1S/C20H26F2N2O2/c21-17-9-15(10-18(22)16(17)13-23-5-1-2-6-23)20(26)11-14(12-20)19(25)24-7-3-4-8-24/h9-10,14,26H,1-8,11-13H2. The van der Waals surface area contributed by atoms with Crippen molar-refractivity contribution in [2.24, 2.45) is 5.92 Å². The molecule has 0 spiro atoms. The van der Waals surface area contributed by atoms with Crippen molar-refractivity contribution in [3.63, 3.8) is 0 Å². The van der Waals surface area contributed by atoms with E-state index in [0.29, 0.717) is 0 Å².